The number of unbranched alkanes of at least 4 members (excludes halogenated alkanes) is 1. The Balaban J connectivity index is 2.98. The van der Waals surface area contributed by atoms with E-state index >= 15 is 0 Å². The van der Waals surface area contributed by atoms with Crippen LogP contribution in [0.25, 0.3) is 0 Å². The van der Waals surface area contributed by atoms with Crippen LogP contribution in [0.1, 0.15) is 33.1 Å². The van der Waals surface area contributed by atoms with Crippen molar-refractivity contribution in [1.82, 2.24) is 0 Å². The van der Waals surface area contributed by atoms with Crippen LogP contribution in [0, 0.1) is 10.1 Å². The molecule has 7 nitrogen and oxygen atoms in total. The lowest BCUT2D eigenvalue weighted by Gasteiger charge is -2.10. The van der Waals surface area contributed by atoms with E-state index in [4.69, 9.17) is 4.74 Å². The molecule has 0 saturated heterocycles. The zero-order valence-corrected chi connectivity index (χ0v) is 13.0. The molecule has 21 heavy (non-hydrogen) atoms. The summed E-state index contributed by atoms with van der Waals surface area (Å²) in [5.41, 5.74) is -0.358. The van der Waals surface area contributed by atoms with Crippen LogP contribution in [-0.4, -0.2) is 25.7 Å². The molecule has 0 unspecified atom stereocenters. The minimum absolute atomic E-state index is 0.0417. The van der Waals surface area contributed by atoms with Crippen LogP contribution in [0.4, 0.5) is 11.4 Å². The molecule has 8 heteroatoms. The molecule has 0 bridgehead atoms. The zero-order chi connectivity index (χ0) is 15.9. The van der Waals surface area contributed by atoms with Gasteiger partial charge in [-0.15, -0.1) is 0 Å². The Labute approximate surface area is 124 Å². The van der Waals surface area contributed by atoms with Crippen molar-refractivity contribution in [3.63, 3.8) is 0 Å². The Bertz CT molecular complexity index is 586. The van der Waals surface area contributed by atoms with Gasteiger partial charge in [0.05, 0.1) is 23.3 Å². The molecule has 0 radical (unpaired) electrons. The van der Waals surface area contributed by atoms with Gasteiger partial charge in [-0.1, -0.05) is 20.3 Å². The number of ether oxygens (including phenoxy) is 1. The number of hydrogen-bond donors (Lipinski definition) is 1. The van der Waals surface area contributed by atoms with Crippen molar-refractivity contribution < 1.29 is 18.1 Å². The summed E-state index contributed by atoms with van der Waals surface area (Å²) in [5, 5.41) is 11.1. The van der Waals surface area contributed by atoms with E-state index < -0.39 is 14.9 Å². The number of nitrogens with zero attached hydrogens (tertiary/aromatic N) is 1. The SMILES string of the molecule is CCCCS(=O)(=O)Nc1ccc(OCCC)cc1[N+](=O)[O-]. The highest BCUT2D eigenvalue weighted by atomic mass is 32.2. The van der Waals surface area contributed by atoms with Crippen molar-refractivity contribution in [1.29, 1.82) is 0 Å². The topological polar surface area (TPSA) is 98.5 Å². The van der Waals surface area contributed by atoms with E-state index in [9.17, 15) is 18.5 Å². The summed E-state index contributed by atoms with van der Waals surface area (Å²) in [6, 6.07) is 4.10. The standard InChI is InChI=1S/C13H20N2O5S/c1-3-5-9-21(18,19)14-12-7-6-11(20-8-4-2)10-13(12)15(16)17/h6-7,10,14H,3-5,8-9H2,1-2H3. The highest BCUT2D eigenvalue weighted by Gasteiger charge is 2.20. The third-order valence-corrected chi connectivity index (χ3v) is 4.03. The van der Waals surface area contributed by atoms with E-state index in [0.29, 0.717) is 18.8 Å². The average molecular weight is 316 g/mol. The maximum atomic E-state index is 11.8. The Morgan fingerprint density at radius 2 is 2.00 bits per heavy atom. The number of nitro benzene ring substituents is 1. The van der Waals surface area contributed by atoms with Gasteiger partial charge in [0.15, 0.2) is 0 Å². The van der Waals surface area contributed by atoms with Gasteiger partial charge in [-0.3, -0.25) is 14.8 Å². The summed E-state index contributed by atoms with van der Waals surface area (Å²) in [6.07, 6.45) is 2.01. The molecule has 118 valence electrons. The lowest BCUT2D eigenvalue weighted by molar-refractivity contribution is -0.384. The number of rotatable bonds is 9. The van der Waals surface area contributed by atoms with E-state index in [1.165, 1.54) is 18.2 Å². The van der Waals surface area contributed by atoms with E-state index in [1.807, 2.05) is 13.8 Å². The summed E-state index contributed by atoms with van der Waals surface area (Å²) >= 11 is 0. The first-order valence-electron chi connectivity index (χ1n) is 6.81. The molecule has 0 spiro atoms. The van der Waals surface area contributed by atoms with Gasteiger partial charge in [0.1, 0.15) is 11.4 Å². The van der Waals surface area contributed by atoms with Crippen LogP contribution in [0.2, 0.25) is 0 Å². The van der Waals surface area contributed by atoms with Crippen molar-refractivity contribution in [3.8, 4) is 5.75 Å². The summed E-state index contributed by atoms with van der Waals surface area (Å²) in [5.74, 6) is 0.287. The van der Waals surface area contributed by atoms with E-state index in [0.717, 1.165) is 12.8 Å². The van der Waals surface area contributed by atoms with Crippen molar-refractivity contribution in [2.24, 2.45) is 0 Å². The average Bonchev–Trinajstić information content (AvgIpc) is 2.43. The highest BCUT2D eigenvalue weighted by Crippen LogP contribution is 2.30. The van der Waals surface area contributed by atoms with Crippen LogP contribution in [0.5, 0.6) is 5.75 Å². The smallest absolute Gasteiger partial charge is 0.297 e. The molecule has 0 aliphatic carbocycles. The molecule has 0 aliphatic heterocycles. The normalized spacial score (nSPS) is 11.1. The molecule has 0 heterocycles. The second-order valence-electron chi connectivity index (χ2n) is 4.56. The molecule has 0 saturated carbocycles. The van der Waals surface area contributed by atoms with Gasteiger partial charge >= 0.3 is 0 Å². The Morgan fingerprint density at radius 3 is 2.57 bits per heavy atom. The predicted molar refractivity (Wildman–Crippen MR) is 81.2 cm³/mol. The van der Waals surface area contributed by atoms with E-state index in [2.05, 4.69) is 4.72 Å². The first-order chi connectivity index (χ1) is 9.89. The molecule has 1 aromatic rings. The minimum atomic E-state index is -3.58. The van der Waals surface area contributed by atoms with Crippen LogP contribution in [0.3, 0.4) is 0 Å². The molecule has 0 atom stereocenters. The number of benzene rings is 1. The van der Waals surface area contributed by atoms with E-state index in [-0.39, 0.29) is 17.1 Å². The molecular formula is C13H20N2O5S. The van der Waals surface area contributed by atoms with Crippen molar-refractivity contribution in [2.45, 2.75) is 33.1 Å². The van der Waals surface area contributed by atoms with Gasteiger partial charge in [-0.05, 0) is 25.0 Å². The monoisotopic (exact) mass is 316 g/mol. The fraction of sp³-hybridized carbons (Fsp3) is 0.538. The van der Waals surface area contributed by atoms with Gasteiger partial charge in [0.25, 0.3) is 5.69 Å². The third kappa shape index (κ3) is 5.58. The molecule has 0 fully saturated rings. The van der Waals surface area contributed by atoms with Gasteiger partial charge in [-0.2, -0.15) is 0 Å². The fourth-order valence-corrected chi connectivity index (χ4v) is 2.89. The Hall–Kier alpha value is -1.83. The molecule has 0 aliphatic rings. The van der Waals surface area contributed by atoms with Gasteiger partial charge in [0, 0.05) is 0 Å². The summed E-state index contributed by atoms with van der Waals surface area (Å²) in [4.78, 5) is 10.4. The quantitative estimate of drug-likeness (QED) is 0.558. The Kier molecular flexibility index (Phi) is 6.41. The summed E-state index contributed by atoms with van der Waals surface area (Å²) < 4.78 is 31.2. The zero-order valence-electron chi connectivity index (χ0n) is 12.2. The largest absolute Gasteiger partial charge is 0.493 e. The molecule has 0 aromatic heterocycles. The van der Waals surface area contributed by atoms with Crippen LogP contribution in [-0.2, 0) is 10.0 Å². The van der Waals surface area contributed by atoms with Crippen LogP contribution >= 0.6 is 0 Å². The van der Waals surface area contributed by atoms with Crippen molar-refractivity contribution in [3.05, 3.63) is 28.3 Å². The number of sulfonamides is 1. The Morgan fingerprint density at radius 1 is 1.29 bits per heavy atom. The first kappa shape index (κ1) is 17.2. The highest BCUT2D eigenvalue weighted by molar-refractivity contribution is 7.92. The number of nitrogens with one attached hydrogen (secondary N) is 1. The minimum Gasteiger partial charge on any atom is -0.493 e. The number of nitro groups is 1. The third-order valence-electron chi connectivity index (χ3n) is 2.67. The van der Waals surface area contributed by atoms with Crippen molar-refractivity contribution in [2.75, 3.05) is 17.1 Å². The lowest BCUT2D eigenvalue weighted by Crippen LogP contribution is -2.17. The lowest BCUT2D eigenvalue weighted by atomic mass is 10.2. The maximum absolute atomic E-state index is 11.8. The molecule has 1 N–H and O–H groups in total. The molecular weight excluding hydrogens is 296 g/mol. The van der Waals surface area contributed by atoms with E-state index in [1.54, 1.807) is 0 Å². The number of anilines is 1. The maximum Gasteiger partial charge on any atom is 0.297 e. The second kappa shape index (κ2) is 7.82. The molecule has 1 rings (SSSR count). The van der Waals surface area contributed by atoms with Gasteiger partial charge in [0.2, 0.25) is 10.0 Å². The van der Waals surface area contributed by atoms with Gasteiger partial charge in [-0.25, -0.2) is 8.42 Å². The summed E-state index contributed by atoms with van der Waals surface area (Å²) in [7, 11) is -3.58. The van der Waals surface area contributed by atoms with Crippen LogP contribution in [0.15, 0.2) is 18.2 Å². The molecule has 0 amide bonds. The number of hydrogen-bond acceptors (Lipinski definition) is 5. The van der Waals surface area contributed by atoms with Crippen LogP contribution < -0.4 is 9.46 Å². The summed E-state index contributed by atoms with van der Waals surface area (Å²) in [6.45, 7) is 4.24. The first-order valence-corrected chi connectivity index (χ1v) is 8.46. The van der Waals surface area contributed by atoms with Crippen molar-refractivity contribution >= 4 is 21.4 Å². The molecule has 1 aromatic carbocycles. The second-order valence-corrected chi connectivity index (χ2v) is 6.40. The predicted octanol–water partition coefficient (Wildman–Crippen LogP) is 2.93. The van der Waals surface area contributed by atoms with Gasteiger partial charge < -0.3 is 4.74 Å². The fourth-order valence-electron chi connectivity index (χ4n) is 1.61.